The van der Waals surface area contributed by atoms with Gasteiger partial charge in [0.05, 0.1) is 44.4 Å². The van der Waals surface area contributed by atoms with Gasteiger partial charge in [0.15, 0.2) is 0 Å². The van der Waals surface area contributed by atoms with Crippen molar-refractivity contribution in [2.24, 2.45) is 0 Å². The van der Waals surface area contributed by atoms with Crippen molar-refractivity contribution in [3.63, 3.8) is 0 Å². The zero-order valence-corrected chi connectivity index (χ0v) is 19.9. The van der Waals surface area contributed by atoms with Crippen LogP contribution in [0.3, 0.4) is 0 Å². The first kappa shape index (κ1) is 24.4. The lowest BCUT2D eigenvalue weighted by Gasteiger charge is -2.26. The maximum absolute atomic E-state index is 12.5. The van der Waals surface area contributed by atoms with Crippen LogP contribution in [0.4, 0.5) is 0 Å². The summed E-state index contributed by atoms with van der Waals surface area (Å²) in [5, 5.41) is 4.40. The Kier molecular flexibility index (Phi) is 8.12. The minimum atomic E-state index is -0.483. The van der Waals surface area contributed by atoms with E-state index in [9.17, 15) is 9.59 Å². The maximum Gasteiger partial charge on any atom is 0.345 e. The van der Waals surface area contributed by atoms with Gasteiger partial charge in [-0.3, -0.25) is 4.90 Å². The number of carbonyl (C=O) groups excluding carboxylic acids is 2. The normalized spacial score (nSPS) is 13.9. The highest BCUT2D eigenvalue weighted by molar-refractivity contribution is 5.97. The number of rotatable bonds is 9. The Morgan fingerprint density at radius 3 is 2.46 bits per heavy atom. The van der Waals surface area contributed by atoms with Crippen LogP contribution >= 0.6 is 0 Å². The highest BCUT2D eigenvalue weighted by Crippen LogP contribution is 2.28. The Balaban J connectivity index is 1.59. The number of morpholine rings is 1. The number of benzene rings is 2. The van der Waals surface area contributed by atoms with Gasteiger partial charge in [-0.2, -0.15) is 5.10 Å². The molecule has 0 saturated carbocycles. The Hall–Kier alpha value is -3.69. The van der Waals surface area contributed by atoms with Gasteiger partial charge in [-0.05, 0) is 36.2 Å². The van der Waals surface area contributed by atoms with E-state index in [1.54, 1.807) is 23.7 Å². The molecule has 0 aliphatic carbocycles. The number of ether oxygens (including phenoxy) is 4. The van der Waals surface area contributed by atoms with Crippen LogP contribution in [0.25, 0.3) is 16.8 Å². The van der Waals surface area contributed by atoms with Crippen molar-refractivity contribution in [2.45, 2.75) is 6.92 Å². The smallest absolute Gasteiger partial charge is 0.345 e. The third-order valence-corrected chi connectivity index (χ3v) is 5.73. The summed E-state index contributed by atoms with van der Waals surface area (Å²) in [6.45, 7) is 6.22. The standard InChI is InChI=1S/C26H29N3O6/c1-3-34-26(31)23-18-27-29(24(23)35-17-14-28-12-15-33-16-13-28)20-10-8-19(9-11-20)21-6-4-5-7-22(21)25(30)32-2/h4-11,18H,3,12-17H2,1-2H3. The number of hydrogen-bond acceptors (Lipinski definition) is 8. The van der Waals surface area contributed by atoms with E-state index in [0.717, 1.165) is 24.2 Å². The summed E-state index contributed by atoms with van der Waals surface area (Å²) < 4.78 is 23.1. The van der Waals surface area contributed by atoms with Gasteiger partial charge in [0.1, 0.15) is 12.2 Å². The molecule has 4 rings (SSSR count). The minimum Gasteiger partial charge on any atom is -0.476 e. The molecule has 0 atom stereocenters. The number of carbonyl (C=O) groups is 2. The van der Waals surface area contributed by atoms with Crippen LogP contribution in [0.5, 0.6) is 5.88 Å². The van der Waals surface area contributed by atoms with E-state index >= 15 is 0 Å². The molecular formula is C26H29N3O6. The molecule has 9 nitrogen and oxygen atoms in total. The predicted octanol–water partition coefficient (Wildman–Crippen LogP) is 3.21. The molecule has 0 radical (unpaired) electrons. The van der Waals surface area contributed by atoms with Gasteiger partial charge in [-0.25, -0.2) is 14.3 Å². The molecule has 35 heavy (non-hydrogen) atoms. The first-order valence-electron chi connectivity index (χ1n) is 11.6. The molecule has 0 amide bonds. The van der Waals surface area contributed by atoms with Gasteiger partial charge < -0.3 is 18.9 Å². The van der Waals surface area contributed by atoms with Crippen molar-refractivity contribution < 1.29 is 28.5 Å². The van der Waals surface area contributed by atoms with Crippen molar-refractivity contribution in [1.29, 1.82) is 0 Å². The molecule has 1 aromatic heterocycles. The van der Waals surface area contributed by atoms with Crippen LogP contribution in [0.1, 0.15) is 27.6 Å². The Labute approximate surface area is 204 Å². The molecule has 184 valence electrons. The lowest BCUT2D eigenvalue weighted by Crippen LogP contribution is -2.38. The number of hydrogen-bond donors (Lipinski definition) is 0. The van der Waals surface area contributed by atoms with E-state index in [-0.39, 0.29) is 12.2 Å². The van der Waals surface area contributed by atoms with E-state index in [0.29, 0.717) is 43.5 Å². The van der Waals surface area contributed by atoms with Gasteiger partial charge in [0.25, 0.3) is 0 Å². The van der Waals surface area contributed by atoms with Gasteiger partial charge in [-0.15, -0.1) is 0 Å². The Morgan fingerprint density at radius 2 is 1.74 bits per heavy atom. The zero-order valence-electron chi connectivity index (χ0n) is 19.9. The summed E-state index contributed by atoms with van der Waals surface area (Å²) >= 11 is 0. The topological polar surface area (TPSA) is 92.1 Å². The summed E-state index contributed by atoms with van der Waals surface area (Å²) in [6.07, 6.45) is 1.46. The third-order valence-electron chi connectivity index (χ3n) is 5.73. The summed E-state index contributed by atoms with van der Waals surface area (Å²) in [4.78, 5) is 26.9. The third kappa shape index (κ3) is 5.70. The lowest BCUT2D eigenvalue weighted by molar-refractivity contribution is 0.0316. The molecule has 0 spiro atoms. The lowest BCUT2D eigenvalue weighted by atomic mass is 9.99. The van der Waals surface area contributed by atoms with E-state index in [1.165, 1.54) is 13.3 Å². The molecule has 0 N–H and O–H groups in total. The fraction of sp³-hybridized carbons (Fsp3) is 0.346. The second-order valence-electron chi connectivity index (χ2n) is 7.88. The first-order chi connectivity index (χ1) is 17.1. The van der Waals surface area contributed by atoms with E-state index in [1.807, 2.05) is 36.4 Å². The van der Waals surface area contributed by atoms with Crippen LogP contribution < -0.4 is 4.74 Å². The van der Waals surface area contributed by atoms with Crippen molar-refractivity contribution in [3.05, 3.63) is 65.9 Å². The van der Waals surface area contributed by atoms with Crippen LogP contribution in [0, 0.1) is 0 Å². The largest absolute Gasteiger partial charge is 0.476 e. The van der Waals surface area contributed by atoms with Crippen molar-refractivity contribution in [3.8, 4) is 22.7 Å². The zero-order chi connectivity index (χ0) is 24.6. The number of esters is 2. The van der Waals surface area contributed by atoms with Crippen LogP contribution in [-0.2, 0) is 14.2 Å². The molecule has 0 bridgehead atoms. The monoisotopic (exact) mass is 479 g/mol. The van der Waals surface area contributed by atoms with E-state index in [2.05, 4.69) is 10.00 Å². The van der Waals surface area contributed by atoms with Crippen LogP contribution in [-0.4, -0.2) is 79.8 Å². The van der Waals surface area contributed by atoms with E-state index < -0.39 is 11.9 Å². The van der Waals surface area contributed by atoms with Crippen molar-refractivity contribution in [1.82, 2.24) is 14.7 Å². The van der Waals surface area contributed by atoms with Crippen molar-refractivity contribution in [2.75, 3.05) is 53.2 Å². The van der Waals surface area contributed by atoms with Crippen LogP contribution in [0.2, 0.25) is 0 Å². The average molecular weight is 480 g/mol. The second-order valence-corrected chi connectivity index (χ2v) is 7.88. The summed E-state index contributed by atoms with van der Waals surface area (Å²) in [5.74, 6) is -0.546. The van der Waals surface area contributed by atoms with E-state index in [4.69, 9.17) is 18.9 Å². The maximum atomic E-state index is 12.5. The summed E-state index contributed by atoms with van der Waals surface area (Å²) in [6, 6.07) is 14.8. The van der Waals surface area contributed by atoms with Gasteiger partial charge in [0, 0.05) is 19.6 Å². The molecule has 2 heterocycles. The second kappa shape index (κ2) is 11.6. The van der Waals surface area contributed by atoms with Crippen molar-refractivity contribution >= 4 is 11.9 Å². The Morgan fingerprint density at radius 1 is 1.00 bits per heavy atom. The number of aromatic nitrogens is 2. The molecule has 1 fully saturated rings. The number of methoxy groups -OCH3 is 1. The molecule has 1 saturated heterocycles. The summed E-state index contributed by atoms with van der Waals surface area (Å²) in [5.41, 5.74) is 3.08. The highest BCUT2D eigenvalue weighted by atomic mass is 16.5. The molecule has 0 unspecified atom stereocenters. The minimum absolute atomic E-state index is 0.255. The highest BCUT2D eigenvalue weighted by Gasteiger charge is 2.22. The molecule has 1 aliphatic heterocycles. The van der Waals surface area contributed by atoms with Gasteiger partial charge in [-0.1, -0.05) is 30.3 Å². The Bertz CT molecular complexity index is 1150. The fourth-order valence-electron chi connectivity index (χ4n) is 3.91. The predicted molar refractivity (Wildman–Crippen MR) is 129 cm³/mol. The quantitative estimate of drug-likeness (QED) is 0.432. The first-order valence-corrected chi connectivity index (χ1v) is 11.6. The molecule has 9 heteroatoms. The molecule has 2 aromatic carbocycles. The van der Waals surface area contributed by atoms with Gasteiger partial charge >= 0.3 is 11.9 Å². The number of nitrogens with zero attached hydrogens (tertiary/aromatic N) is 3. The summed E-state index contributed by atoms with van der Waals surface area (Å²) in [7, 11) is 1.36. The molecule has 3 aromatic rings. The molecule has 1 aliphatic rings. The SMILES string of the molecule is CCOC(=O)c1cnn(-c2ccc(-c3ccccc3C(=O)OC)cc2)c1OCCN1CCOCC1. The fourth-order valence-corrected chi connectivity index (χ4v) is 3.91. The molecular weight excluding hydrogens is 450 g/mol. The average Bonchev–Trinajstić information content (AvgIpc) is 3.33. The van der Waals surface area contributed by atoms with Crippen LogP contribution in [0.15, 0.2) is 54.7 Å². The van der Waals surface area contributed by atoms with Gasteiger partial charge in [0.2, 0.25) is 5.88 Å².